The van der Waals surface area contributed by atoms with Crippen LogP contribution in [0.4, 0.5) is 0 Å². The highest BCUT2D eigenvalue weighted by Crippen LogP contribution is 2.63. The molecule has 0 radical (unpaired) electrons. The van der Waals surface area contributed by atoms with Crippen molar-refractivity contribution in [2.75, 3.05) is 0 Å². The van der Waals surface area contributed by atoms with Gasteiger partial charge in [0.15, 0.2) is 5.58 Å². The van der Waals surface area contributed by atoms with E-state index in [4.69, 9.17) is 4.42 Å². The molecule has 0 N–H and O–H groups in total. The average molecular weight is 1300 g/mol. The molecular formula is C98H71BN2O. The van der Waals surface area contributed by atoms with Crippen LogP contribution in [0.3, 0.4) is 0 Å². The topological polar surface area (TPSA) is 23.0 Å². The van der Waals surface area contributed by atoms with E-state index in [9.17, 15) is 0 Å². The highest BCUT2D eigenvalue weighted by molar-refractivity contribution is 7.00. The van der Waals surface area contributed by atoms with Crippen molar-refractivity contribution in [2.24, 2.45) is 41.4 Å². The van der Waals surface area contributed by atoms with Crippen molar-refractivity contribution in [3.63, 3.8) is 0 Å². The van der Waals surface area contributed by atoms with Crippen LogP contribution < -0.4 is 16.4 Å². The second-order valence-corrected chi connectivity index (χ2v) is 33.5. The zero-order valence-corrected chi connectivity index (χ0v) is 56.9. The number of fused-ring (bicyclic) bond motifs is 28. The molecule has 102 heavy (non-hydrogen) atoms. The molecule has 8 saturated carbocycles. The lowest BCUT2D eigenvalue weighted by molar-refractivity contribution is -0.00518. The SMILES string of the molecule is c1ccc2c(c1)oc1c2ccc2c3cccc4c3n(c21)-c1cc(-c2ccc(-c3ccc(C56CC7CC(CC(C7)C5)C6)cc3)cc2-c2ccc(C3C5CC6CC(C5)CC3C6)cc2)cc2c1B4c1cc3c4ccccc4c4ccccc4c3c3c4c5c6ccccc6c6ccccc6c5ccc4n-2c13. The Morgan fingerprint density at radius 2 is 0.843 bits per heavy atom. The van der Waals surface area contributed by atoms with Gasteiger partial charge in [-0.25, -0.2) is 0 Å². The van der Waals surface area contributed by atoms with Gasteiger partial charge >= 0.3 is 0 Å². The Bertz CT molecular complexity index is 6780. The third kappa shape index (κ3) is 7.05. The van der Waals surface area contributed by atoms with E-state index in [1.54, 1.807) is 11.1 Å². The predicted octanol–water partition coefficient (Wildman–Crippen LogP) is 23.9. The standard InChI is InChI=1S/C98H71BN2O/c1-3-16-71-67(12-1)69-14-5-7-19-74(69)89-76(71)36-37-84-91(89)92-90-75-20-8-6-15-70(75)68-13-2-4-17-72(68)81(90)49-83-96(92)100(84)85-47-62(48-86-93(85)99(83)82-22-11-21-77-78-34-35-79-73-18-9-10-23-87(73)102-97(79)95(78)101(86)94(77)82)66-33-30-61(58-28-31-65(32-29-58)98-50-55-39-56(51-98)41-57(40-55)52-98)46-80(66)59-24-26-60(27-25-59)88-63-42-53-38-54(44-63)45-64(88)43-53/h1-37,46-49,53-57,63-64,88H,38-45,50-52H2. The molecule has 15 aromatic carbocycles. The first-order valence-corrected chi connectivity index (χ1v) is 38.5. The number of nitrogens with zero attached hydrogens (tertiary/aromatic N) is 2. The fraction of sp³-hybridized carbons (Fsp3) is 0.204. The highest BCUT2D eigenvalue weighted by Gasteiger charge is 2.52. The van der Waals surface area contributed by atoms with E-state index >= 15 is 0 Å². The van der Waals surface area contributed by atoms with Crippen LogP contribution in [0, 0.1) is 41.4 Å². The minimum absolute atomic E-state index is 0.116. The minimum Gasteiger partial charge on any atom is -0.454 e. The van der Waals surface area contributed by atoms with Crippen LogP contribution in [0.25, 0.3) is 175 Å². The maximum atomic E-state index is 7.27. The predicted molar refractivity (Wildman–Crippen MR) is 428 cm³/mol. The van der Waals surface area contributed by atoms with E-state index in [0.29, 0.717) is 11.3 Å². The van der Waals surface area contributed by atoms with Crippen molar-refractivity contribution in [2.45, 2.75) is 82.0 Å². The third-order valence-corrected chi connectivity index (χ3v) is 28.5. The summed E-state index contributed by atoms with van der Waals surface area (Å²) in [4.78, 5) is 0. The zero-order chi connectivity index (χ0) is 65.7. The molecule has 28 rings (SSSR count). The number of hydrogen-bond donors (Lipinski definition) is 0. The number of hydrogen-bond acceptors (Lipinski definition) is 1. The van der Waals surface area contributed by atoms with Crippen molar-refractivity contribution in [3.05, 3.63) is 260 Å². The van der Waals surface area contributed by atoms with E-state index in [1.807, 2.05) is 0 Å². The van der Waals surface area contributed by atoms with Crippen molar-refractivity contribution in [1.29, 1.82) is 0 Å². The van der Waals surface area contributed by atoms with Crippen LogP contribution in [-0.2, 0) is 5.41 Å². The molecule has 8 fully saturated rings. The van der Waals surface area contributed by atoms with E-state index in [0.717, 1.165) is 68.9 Å². The normalized spacial score (nSPS) is 23.5. The summed E-state index contributed by atoms with van der Waals surface area (Å²) in [6.07, 6.45) is 15.7. The van der Waals surface area contributed by atoms with Gasteiger partial charge < -0.3 is 13.6 Å². The molecule has 3 aromatic heterocycles. The molecule has 8 bridgehead atoms. The van der Waals surface area contributed by atoms with Crippen LogP contribution >= 0.6 is 0 Å². The molecule has 0 saturated heterocycles. The fourth-order valence-electron chi connectivity index (χ4n) is 25.4. The Balaban J connectivity index is 0.795. The van der Waals surface area contributed by atoms with Gasteiger partial charge in [-0.1, -0.05) is 212 Å². The van der Waals surface area contributed by atoms with Crippen molar-refractivity contribution in [3.8, 4) is 44.8 Å². The molecule has 18 aromatic rings. The first kappa shape index (κ1) is 55.1. The molecule has 4 heteroatoms. The molecule has 0 unspecified atom stereocenters. The molecule has 10 aliphatic rings. The Morgan fingerprint density at radius 1 is 0.324 bits per heavy atom. The van der Waals surface area contributed by atoms with Crippen LogP contribution in [0.2, 0.25) is 0 Å². The lowest BCUT2D eigenvalue weighted by atomic mass is 9.34. The fourth-order valence-corrected chi connectivity index (χ4v) is 25.4. The van der Waals surface area contributed by atoms with Gasteiger partial charge in [0, 0.05) is 60.0 Å². The lowest BCUT2D eigenvalue weighted by Crippen LogP contribution is -2.59. The monoisotopic (exact) mass is 1300 g/mol. The summed E-state index contributed by atoms with van der Waals surface area (Å²) in [7, 11) is 0. The molecule has 0 spiro atoms. The largest absolute Gasteiger partial charge is 0.454 e. The lowest BCUT2D eigenvalue weighted by Gasteiger charge is -2.57. The maximum absolute atomic E-state index is 7.27. The summed E-state index contributed by atoms with van der Waals surface area (Å²) in [5, 5.41) is 23.0. The highest BCUT2D eigenvalue weighted by atomic mass is 16.3. The molecule has 2 aliphatic heterocycles. The third-order valence-electron chi connectivity index (χ3n) is 28.5. The van der Waals surface area contributed by atoms with E-state index < -0.39 is 0 Å². The number of rotatable bonds is 5. The number of aromatic nitrogens is 2. The molecule has 3 nitrogen and oxygen atoms in total. The smallest absolute Gasteiger partial charge is 0.252 e. The quantitative estimate of drug-likeness (QED) is 0.124. The second-order valence-electron chi connectivity index (χ2n) is 33.5. The summed E-state index contributed by atoms with van der Waals surface area (Å²) >= 11 is 0. The summed E-state index contributed by atoms with van der Waals surface area (Å²) in [5.41, 5.74) is 24.4. The van der Waals surface area contributed by atoms with E-state index in [-0.39, 0.29) is 6.71 Å². The van der Waals surface area contributed by atoms with Gasteiger partial charge in [0.2, 0.25) is 0 Å². The van der Waals surface area contributed by atoms with Crippen LogP contribution in [0.1, 0.15) is 87.7 Å². The van der Waals surface area contributed by atoms with Gasteiger partial charge in [-0.2, -0.15) is 0 Å². The molecule has 0 atom stereocenters. The molecule has 5 heterocycles. The Labute approximate surface area is 591 Å². The van der Waals surface area contributed by atoms with Crippen LogP contribution in [0.5, 0.6) is 0 Å². The van der Waals surface area contributed by atoms with Crippen molar-refractivity contribution >= 4 is 153 Å². The van der Waals surface area contributed by atoms with E-state index in [2.05, 4.69) is 258 Å². The van der Waals surface area contributed by atoms with Gasteiger partial charge in [0.25, 0.3) is 6.71 Å². The zero-order valence-electron chi connectivity index (χ0n) is 56.9. The minimum atomic E-state index is -0.116. The van der Waals surface area contributed by atoms with Crippen LogP contribution in [-0.4, -0.2) is 15.8 Å². The first-order chi connectivity index (χ1) is 50.5. The van der Waals surface area contributed by atoms with Gasteiger partial charge in [-0.05, 0) is 275 Å². The summed E-state index contributed by atoms with van der Waals surface area (Å²) < 4.78 is 12.7. The van der Waals surface area contributed by atoms with Crippen molar-refractivity contribution in [1.82, 2.24) is 9.13 Å². The maximum Gasteiger partial charge on any atom is 0.252 e. The van der Waals surface area contributed by atoms with Crippen LogP contribution in [0.15, 0.2) is 253 Å². The Morgan fingerprint density at radius 3 is 1.51 bits per heavy atom. The second kappa shape index (κ2) is 19.5. The average Bonchev–Trinajstić information content (AvgIpc) is 1.48. The van der Waals surface area contributed by atoms with Gasteiger partial charge in [0.05, 0.1) is 16.6 Å². The van der Waals surface area contributed by atoms with Gasteiger partial charge in [0.1, 0.15) is 5.58 Å². The summed E-state index contributed by atoms with van der Waals surface area (Å²) in [6.45, 7) is -0.116. The first-order valence-electron chi connectivity index (χ1n) is 38.5. The number of furan rings is 1. The number of benzene rings is 15. The Hall–Kier alpha value is -10.7. The molecule has 482 valence electrons. The summed E-state index contributed by atoms with van der Waals surface area (Å²) in [6, 6.07) is 98.4. The Kier molecular flexibility index (Phi) is 10.5. The van der Waals surface area contributed by atoms with Gasteiger partial charge in [-0.15, -0.1) is 0 Å². The van der Waals surface area contributed by atoms with Crippen molar-refractivity contribution < 1.29 is 4.42 Å². The van der Waals surface area contributed by atoms with Gasteiger partial charge in [-0.3, -0.25) is 0 Å². The number of para-hydroxylation sites is 2. The molecule has 8 aliphatic carbocycles. The molecule has 0 amide bonds. The van der Waals surface area contributed by atoms with E-state index in [1.165, 1.54) is 235 Å². The summed E-state index contributed by atoms with van der Waals surface area (Å²) in [5.74, 6) is 6.92. The molecular weight excluding hydrogens is 1230 g/mol.